The molecule has 0 atom stereocenters. The number of aliphatic hydroxyl groups is 1. The van der Waals surface area contributed by atoms with Crippen molar-refractivity contribution in [3.05, 3.63) is 17.8 Å². The van der Waals surface area contributed by atoms with Crippen LogP contribution >= 0.6 is 16.5 Å². The van der Waals surface area contributed by atoms with Crippen LogP contribution < -0.4 is 59.1 Å². The summed E-state index contributed by atoms with van der Waals surface area (Å²) in [4.78, 5) is 28.5. The van der Waals surface area contributed by atoms with Crippen molar-refractivity contribution in [3.63, 3.8) is 0 Å². The van der Waals surface area contributed by atoms with Gasteiger partial charge in [0.05, 0.1) is 0 Å². The molecule has 0 unspecified atom stereocenters. The number of aliphatic hydroxyl groups excluding tert-OH is 1. The van der Waals surface area contributed by atoms with Gasteiger partial charge in [0.2, 0.25) is 0 Å². The molecule has 0 saturated heterocycles. The zero-order chi connectivity index (χ0) is 13.8. The van der Waals surface area contributed by atoms with Gasteiger partial charge >= 0.3 is 75.6 Å². The van der Waals surface area contributed by atoms with Crippen molar-refractivity contribution in [3.8, 4) is 0 Å². The van der Waals surface area contributed by atoms with Crippen LogP contribution in [0.1, 0.15) is 32.6 Å². The number of allylic oxidation sites excluding steroid dienone is 1. The molecular formula is C8H17Na2O7P2+3. The summed E-state index contributed by atoms with van der Waals surface area (Å²) in [6, 6.07) is 0. The van der Waals surface area contributed by atoms with E-state index in [-0.39, 0.29) is 59.1 Å². The molecule has 1 saturated carbocycles. The van der Waals surface area contributed by atoms with E-state index in [4.69, 9.17) is 33.8 Å². The van der Waals surface area contributed by atoms with E-state index >= 15 is 0 Å². The summed E-state index contributed by atoms with van der Waals surface area (Å²) in [7, 11) is -5.74. The third-order valence-corrected chi connectivity index (χ3v) is 1.96. The molecule has 1 fully saturated rings. The van der Waals surface area contributed by atoms with Crippen molar-refractivity contribution in [1.29, 1.82) is 0 Å². The Bertz CT molecular complexity index is 258. The normalized spacial score (nSPS) is 11.4. The summed E-state index contributed by atoms with van der Waals surface area (Å²) in [5, 5.41) is 8.61. The topological polar surface area (TPSA) is 135 Å². The standard InChI is InChI=1S/C8H13O.2Na.2HO3P/c1-7(6-9)8-4-2-3-5-8;;;2*1-4(2)3/h6,9H,2-5H2,1H3;;;2*(H-,1,2,3)/q-1;2*+1;;/p+2. The molecule has 0 bridgehead atoms. The van der Waals surface area contributed by atoms with Crippen molar-refractivity contribution in [2.24, 2.45) is 0 Å². The van der Waals surface area contributed by atoms with Crippen LogP contribution in [0.4, 0.5) is 0 Å². The quantitative estimate of drug-likeness (QED) is 0.186. The maximum atomic E-state index is 8.70. The summed E-state index contributed by atoms with van der Waals surface area (Å²) >= 11 is 0. The molecule has 5 N–H and O–H groups in total. The van der Waals surface area contributed by atoms with E-state index < -0.39 is 16.5 Å². The minimum atomic E-state index is -2.87. The molecule has 0 heterocycles. The van der Waals surface area contributed by atoms with Crippen molar-refractivity contribution < 1.29 is 92.9 Å². The van der Waals surface area contributed by atoms with Crippen LogP contribution in [0.5, 0.6) is 0 Å². The molecule has 0 aromatic rings. The Morgan fingerprint density at radius 1 is 1.00 bits per heavy atom. The summed E-state index contributed by atoms with van der Waals surface area (Å²) in [6.45, 7) is 3.20. The van der Waals surface area contributed by atoms with Crippen LogP contribution in [-0.2, 0) is 9.13 Å². The second-order valence-corrected chi connectivity index (χ2v) is 4.14. The zero-order valence-corrected chi connectivity index (χ0v) is 17.1. The molecule has 0 amide bonds. The van der Waals surface area contributed by atoms with Crippen molar-refractivity contribution in [2.45, 2.75) is 32.6 Å². The predicted octanol–water partition coefficient (Wildman–Crippen LogP) is -4.32. The molecule has 11 heteroatoms. The number of hydrogen-bond acceptors (Lipinski definition) is 3. The number of rotatable bonds is 1. The molecule has 7 nitrogen and oxygen atoms in total. The van der Waals surface area contributed by atoms with Crippen LogP contribution in [0.2, 0.25) is 0 Å². The largest absolute Gasteiger partial charge is 1.00 e. The monoisotopic (exact) mass is 333 g/mol. The number of hydrogen-bond donors (Lipinski definition) is 5. The first-order valence-corrected chi connectivity index (χ1v) is 7.00. The second-order valence-electron chi connectivity index (χ2n) is 3.13. The van der Waals surface area contributed by atoms with Crippen LogP contribution in [-0.4, -0.2) is 24.7 Å². The fourth-order valence-corrected chi connectivity index (χ4v) is 1.29. The molecule has 1 aliphatic rings. The van der Waals surface area contributed by atoms with Crippen LogP contribution in [0, 0.1) is 6.61 Å². The van der Waals surface area contributed by atoms with Crippen LogP contribution in [0.25, 0.3) is 0 Å². The Hall–Kier alpha value is 1.61. The predicted molar refractivity (Wildman–Crippen MR) is 61.5 cm³/mol. The van der Waals surface area contributed by atoms with E-state index in [1.54, 1.807) is 0 Å². The Labute approximate surface area is 158 Å². The molecule has 19 heavy (non-hydrogen) atoms. The van der Waals surface area contributed by atoms with Gasteiger partial charge in [-0.3, -0.25) is 0 Å². The molecule has 100 valence electrons. The van der Waals surface area contributed by atoms with Crippen molar-refractivity contribution >= 4 is 16.5 Å². The van der Waals surface area contributed by atoms with Gasteiger partial charge in [0, 0.05) is 9.13 Å². The van der Waals surface area contributed by atoms with Crippen LogP contribution in [0.3, 0.4) is 0 Å². The second kappa shape index (κ2) is 19.6. The van der Waals surface area contributed by atoms with Gasteiger partial charge in [0.1, 0.15) is 0 Å². The molecule has 0 aromatic carbocycles. The van der Waals surface area contributed by atoms with E-state index in [2.05, 4.69) is 0 Å². The smallest absolute Gasteiger partial charge is 0.457 e. The first-order chi connectivity index (χ1) is 7.81. The third kappa shape index (κ3) is 28.5. The van der Waals surface area contributed by atoms with Gasteiger partial charge in [0.25, 0.3) is 0 Å². The SMILES string of the molecule is CC([CH-]O)=C1CCCC1.O=[P+](O)O.O=[P+](O)O.[Na+].[Na+]. The molecule has 0 aromatic heterocycles. The Kier molecular flexibility index (Phi) is 29.6. The average Bonchev–Trinajstić information content (AvgIpc) is 2.67. The summed E-state index contributed by atoms with van der Waals surface area (Å²) in [6.07, 6.45) is 5.01. The maximum Gasteiger partial charge on any atom is 1.00 e. The van der Waals surface area contributed by atoms with Gasteiger partial charge in [-0.25, -0.2) is 5.57 Å². The minimum Gasteiger partial charge on any atom is -0.457 e. The molecule has 0 radical (unpaired) electrons. The Balaban J connectivity index is -0.0000000975. The van der Waals surface area contributed by atoms with Gasteiger partial charge in [-0.15, -0.1) is 26.2 Å². The fourth-order valence-electron chi connectivity index (χ4n) is 1.29. The van der Waals surface area contributed by atoms with Crippen LogP contribution in [0.15, 0.2) is 11.1 Å². The fraction of sp³-hybridized carbons (Fsp3) is 0.625. The molecule has 1 rings (SSSR count). The van der Waals surface area contributed by atoms with Gasteiger partial charge in [0.15, 0.2) is 0 Å². The summed E-state index contributed by atoms with van der Waals surface area (Å²) in [5.74, 6) is 0. The van der Waals surface area contributed by atoms with E-state index in [1.165, 1.54) is 37.9 Å². The van der Waals surface area contributed by atoms with E-state index in [9.17, 15) is 0 Å². The van der Waals surface area contributed by atoms with E-state index in [1.807, 2.05) is 6.92 Å². The third-order valence-electron chi connectivity index (χ3n) is 1.96. The summed E-state index contributed by atoms with van der Waals surface area (Å²) < 4.78 is 17.4. The molecule has 1 aliphatic carbocycles. The van der Waals surface area contributed by atoms with Gasteiger partial charge in [-0.05, 0) is 0 Å². The maximum absolute atomic E-state index is 8.70. The Morgan fingerprint density at radius 2 is 1.26 bits per heavy atom. The first kappa shape index (κ1) is 28.7. The van der Waals surface area contributed by atoms with Gasteiger partial charge < -0.3 is 5.11 Å². The average molecular weight is 333 g/mol. The first-order valence-electron chi connectivity index (χ1n) is 4.67. The molecule has 0 spiro atoms. The Morgan fingerprint density at radius 3 is 1.47 bits per heavy atom. The van der Waals surface area contributed by atoms with Gasteiger partial charge in [-0.1, -0.05) is 32.6 Å². The minimum absolute atomic E-state index is 0. The molecule has 0 aliphatic heterocycles. The summed E-state index contributed by atoms with van der Waals surface area (Å²) in [5.41, 5.74) is 2.52. The van der Waals surface area contributed by atoms with Crippen molar-refractivity contribution in [1.82, 2.24) is 0 Å². The van der Waals surface area contributed by atoms with E-state index in [0.717, 1.165) is 5.57 Å². The van der Waals surface area contributed by atoms with Gasteiger partial charge in [-0.2, -0.15) is 5.57 Å². The zero-order valence-electron chi connectivity index (χ0n) is 11.4. The van der Waals surface area contributed by atoms with Crippen molar-refractivity contribution in [2.75, 3.05) is 0 Å². The molecular weight excluding hydrogens is 316 g/mol. The van der Waals surface area contributed by atoms with E-state index in [0.29, 0.717) is 0 Å².